The van der Waals surface area contributed by atoms with Gasteiger partial charge in [0.2, 0.25) is 0 Å². The molecule has 0 spiro atoms. The van der Waals surface area contributed by atoms with E-state index in [0.717, 1.165) is 0 Å². The van der Waals surface area contributed by atoms with Crippen LogP contribution >= 0.6 is 0 Å². The van der Waals surface area contributed by atoms with Crippen molar-refractivity contribution < 1.29 is 17.1 Å². The van der Waals surface area contributed by atoms with E-state index in [4.69, 9.17) is 0 Å². The van der Waals surface area contributed by atoms with Gasteiger partial charge in [-0.3, -0.25) is 0 Å². The van der Waals surface area contributed by atoms with Crippen molar-refractivity contribution in [2.75, 3.05) is 0 Å². The standard InChI is InChI=1S/3CH3.Cu.H3Si/h3*1H3;;1H3/q3*-1;;. The van der Waals surface area contributed by atoms with Gasteiger partial charge in [0, 0.05) is 17.1 Å². The largest absolute Gasteiger partial charge is 0.358 e. The van der Waals surface area contributed by atoms with Gasteiger partial charge in [0.1, 0.15) is 0 Å². The van der Waals surface area contributed by atoms with Crippen LogP contribution in [0.2, 0.25) is 0 Å². The van der Waals surface area contributed by atoms with Crippen LogP contribution in [0.25, 0.3) is 0 Å². The van der Waals surface area contributed by atoms with Crippen LogP contribution in [0.15, 0.2) is 0 Å². The summed E-state index contributed by atoms with van der Waals surface area (Å²) in [7, 11) is 0. The third-order valence-electron chi connectivity index (χ3n) is 0. The van der Waals surface area contributed by atoms with E-state index in [1.807, 2.05) is 0 Å². The average Bonchev–Trinajstić information content (AvgIpc) is 0. The van der Waals surface area contributed by atoms with Gasteiger partial charge in [-0.2, -0.15) is 0 Å². The maximum Gasteiger partial charge on any atom is 0 e. The van der Waals surface area contributed by atoms with Crippen LogP contribution in [0.5, 0.6) is 0 Å². The summed E-state index contributed by atoms with van der Waals surface area (Å²) in [5.74, 6) is 0. The van der Waals surface area contributed by atoms with Crippen LogP contribution in [0.4, 0.5) is 0 Å². The first-order valence-electron chi connectivity index (χ1n) is 0. The molecule has 0 heterocycles. The molecule has 0 saturated carbocycles. The fraction of sp³-hybridized carbons (Fsp3) is 0. The molecule has 0 amide bonds. The van der Waals surface area contributed by atoms with Crippen molar-refractivity contribution in [3.8, 4) is 0 Å². The van der Waals surface area contributed by atoms with Crippen LogP contribution in [0.3, 0.4) is 0 Å². The van der Waals surface area contributed by atoms with E-state index in [1.54, 1.807) is 0 Å². The number of rotatable bonds is 0. The quantitative estimate of drug-likeness (QED) is 0.332. The summed E-state index contributed by atoms with van der Waals surface area (Å²) in [6, 6.07) is 0. The summed E-state index contributed by atoms with van der Waals surface area (Å²) in [5, 5.41) is 0. The zero-order valence-electron chi connectivity index (χ0n) is 4.30. The monoisotopic (exact) mass is 139 g/mol. The molecule has 0 rings (SSSR count). The molecule has 0 N–H and O–H groups in total. The molecule has 2 radical (unpaired) electrons. The van der Waals surface area contributed by atoms with Gasteiger partial charge >= 0.3 is 0 Å². The summed E-state index contributed by atoms with van der Waals surface area (Å²) in [6.07, 6.45) is 0. The molecule has 0 aliphatic rings. The fourth-order valence-electron chi connectivity index (χ4n) is 0. The molecule has 0 aromatic carbocycles. The normalized spacial score (nSPS) is 0. The Kier molecular flexibility index (Phi) is 5790. The summed E-state index contributed by atoms with van der Waals surface area (Å²) < 4.78 is 0. The molecule has 0 atom stereocenters. The second kappa shape index (κ2) is 122. The molecule has 0 aromatic rings. The minimum atomic E-state index is 0. The molecule has 0 unspecified atom stereocenters. The van der Waals surface area contributed by atoms with Crippen molar-refractivity contribution in [2.24, 2.45) is 0 Å². The second-order valence-corrected chi connectivity index (χ2v) is 0. The van der Waals surface area contributed by atoms with E-state index in [9.17, 15) is 0 Å². The van der Waals surface area contributed by atoms with Crippen LogP contribution in [-0.2, 0) is 17.1 Å². The third kappa shape index (κ3) is 65.4. The van der Waals surface area contributed by atoms with Gasteiger partial charge in [-0.05, 0) is 11.0 Å². The van der Waals surface area contributed by atoms with E-state index in [-0.39, 0.29) is 50.3 Å². The SMILES string of the molecule is [CH3-].[CH3-].[CH3-].[Cu].[SiH3]. The first kappa shape index (κ1) is 237. The van der Waals surface area contributed by atoms with E-state index in [2.05, 4.69) is 0 Å². The molecule has 0 aliphatic carbocycles. The van der Waals surface area contributed by atoms with Gasteiger partial charge in [0.15, 0.2) is 0 Å². The van der Waals surface area contributed by atoms with Gasteiger partial charge in [-0.25, -0.2) is 0 Å². The van der Waals surface area contributed by atoms with Crippen LogP contribution in [0, 0.1) is 22.3 Å². The topological polar surface area (TPSA) is 0 Å². The van der Waals surface area contributed by atoms with E-state index in [1.165, 1.54) is 0 Å². The minimum absolute atomic E-state index is 0. The Morgan fingerprint density at radius 2 is 0.600 bits per heavy atom. The first-order chi connectivity index (χ1) is 0. The average molecular weight is 140 g/mol. The second-order valence-electron chi connectivity index (χ2n) is 0. The van der Waals surface area contributed by atoms with Crippen LogP contribution < -0.4 is 0 Å². The Morgan fingerprint density at radius 1 is 0.600 bits per heavy atom. The molecular formula is C3H12CuSi-3. The summed E-state index contributed by atoms with van der Waals surface area (Å²) >= 11 is 0. The minimum Gasteiger partial charge on any atom is -0.358 e. The van der Waals surface area contributed by atoms with E-state index in [0.29, 0.717) is 0 Å². The zero-order valence-corrected chi connectivity index (χ0v) is 7.24. The molecule has 0 aliphatic heterocycles. The molecule has 2 heteroatoms. The van der Waals surface area contributed by atoms with Crippen molar-refractivity contribution in [1.82, 2.24) is 0 Å². The molecule has 0 nitrogen and oxygen atoms in total. The van der Waals surface area contributed by atoms with Crippen LogP contribution in [-0.4, -0.2) is 11.0 Å². The molecule has 42 valence electrons. The maximum atomic E-state index is 0. The summed E-state index contributed by atoms with van der Waals surface area (Å²) in [5.41, 5.74) is 0. The molecule has 0 fully saturated rings. The Hall–Kier alpha value is 0.736. The Labute approximate surface area is 50.8 Å². The zero-order chi connectivity index (χ0) is 0. The van der Waals surface area contributed by atoms with Crippen molar-refractivity contribution in [3.05, 3.63) is 22.3 Å². The van der Waals surface area contributed by atoms with E-state index < -0.39 is 0 Å². The maximum absolute atomic E-state index is 0. The molecular weight excluding hydrogens is 128 g/mol. The predicted octanol–water partition coefficient (Wildman–Crippen LogP) is 0.164. The Bertz CT molecular complexity index is 6.85. The molecule has 0 saturated heterocycles. The number of hydrogen-bond acceptors (Lipinski definition) is 0. The molecule has 0 bridgehead atoms. The van der Waals surface area contributed by atoms with Crippen molar-refractivity contribution in [1.29, 1.82) is 0 Å². The number of hydrogen-bond donors (Lipinski definition) is 0. The Morgan fingerprint density at radius 3 is 0.600 bits per heavy atom. The van der Waals surface area contributed by atoms with Crippen molar-refractivity contribution >= 4 is 11.0 Å². The van der Waals surface area contributed by atoms with Gasteiger partial charge in [0.05, 0.1) is 0 Å². The van der Waals surface area contributed by atoms with Gasteiger partial charge in [-0.15, -0.1) is 0 Å². The van der Waals surface area contributed by atoms with Gasteiger partial charge in [-0.1, -0.05) is 0 Å². The van der Waals surface area contributed by atoms with Gasteiger partial charge < -0.3 is 22.3 Å². The third-order valence-corrected chi connectivity index (χ3v) is 0. The van der Waals surface area contributed by atoms with Crippen LogP contribution in [0.1, 0.15) is 0 Å². The Balaban J connectivity index is 0. The molecule has 0 aromatic heterocycles. The predicted molar refractivity (Wildman–Crippen MR) is 29.2 cm³/mol. The first-order valence-corrected chi connectivity index (χ1v) is 0. The summed E-state index contributed by atoms with van der Waals surface area (Å²) in [4.78, 5) is 0. The smallest absolute Gasteiger partial charge is 0 e. The summed E-state index contributed by atoms with van der Waals surface area (Å²) in [6.45, 7) is 0. The fourth-order valence-corrected chi connectivity index (χ4v) is 0. The van der Waals surface area contributed by atoms with Crippen molar-refractivity contribution in [3.63, 3.8) is 0 Å². The van der Waals surface area contributed by atoms with E-state index >= 15 is 0 Å². The van der Waals surface area contributed by atoms with Gasteiger partial charge in [0.25, 0.3) is 0 Å². The molecule has 5 heavy (non-hydrogen) atoms. The van der Waals surface area contributed by atoms with Crippen molar-refractivity contribution in [2.45, 2.75) is 0 Å².